The molecule has 0 aliphatic heterocycles. The molecule has 8 heteroatoms. The Morgan fingerprint density at radius 3 is 2.28 bits per heavy atom. The third-order valence-electron chi connectivity index (χ3n) is 4.32. The zero-order valence-corrected chi connectivity index (χ0v) is 18.4. The van der Waals surface area contributed by atoms with E-state index in [2.05, 4.69) is 10.6 Å². The molecule has 0 spiro atoms. The average Bonchev–Trinajstić information content (AvgIpc) is 2.99. The van der Waals surface area contributed by atoms with Gasteiger partial charge >= 0.3 is 0 Å². The molecule has 1 aromatic heterocycles. The zero-order valence-electron chi connectivity index (χ0n) is 17.6. The SMILES string of the molecule is Cc1csc(C(=O)N(C)C)c1NC(=O)C[N+](C)(C)CC(=O)NCc1ccccc1. The minimum absolute atomic E-state index is 0.115. The van der Waals surface area contributed by atoms with Gasteiger partial charge in [0.25, 0.3) is 17.7 Å². The number of aryl methyl sites for hydroxylation is 1. The molecule has 0 radical (unpaired) electrons. The van der Waals surface area contributed by atoms with Gasteiger partial charge in [0.05, 0.1) is 19.8 Å². The van der Waals surface area contributed by atoms with Crippen LogP contribution in [0.1, 0.15) is 20.8 Å². The fraction of sp³-hybridized carbons (Fsp3) is 0.381. The largest absolute Gasteiger partial charge is 0.347 e. The predicted octanol–water partition coefficient (Wildman–Crippen LogP) is 2.09. The molecule has 1 heterocycles. The highest BCUT2D eigenvalue weighted by atomic mass is 32.1. The molecule has 7 nitrogen and oxygen atoms in total. The van der Waals surface area contributed by atoms with Gasteiger partial charge in [0.15, 0.2) is 13.1 Å². The van der Waals surface area contributed by atoms with Crippen LogP contribution in [0.2, 0.25) is 0 Å². The summed E-state index contributed by atoms with van der Waals surface area (Å²) in [5.41, 5.74) is 2.42. The minimum atomic E-state index is -0.236. The van der Waals surface area contributed by atoms with Gasteiger partial charge < -0.3 is 20.0 Å². The predicted molar refractivity (Wildman–Crippen MR) is 116 cm³/mol. The second kappa shape index (κ2) is 9.67. The molecule has 29 heavy (non-hydrogen) atoms. The van der Waals surface area contributed by atoms with E-state index in [1.807, 2.05) is 56.7 Å². The Hall–Kier alpha value is -2.71. The Bertz CT molecular complexity index is 875. The first kappa shape index (κ1) is 22.6. The Labute approximate surface area is 175 Å². The Balaban J connectivity index is 1.93. The number of hydrogen-bond donors (Lipinski definition) is 2. The van der Waals surface area contributed by atoms with Crippen molar-refractivity contribution in [3.63, 3.8) is 0 Å². The number of rotatable bonds is 8. The molecule has 2 rings (SSSR count). The fourth-order valence-corrected chi connectivity index (χ4v) is 3.85. The van der Waals surface area contributed by atoms with Crippen LogP contribution in [0.3, 0.4) is 0 Å². The molecular formula is C21H29N4O3S+. The van der Waals surface area contributed by atoms with Crippen LogP contribution in [-0.4, -0.2) is 68.4 Å². The molecular weight excluding hydrogens is 388 g/mol. The van der Waals surface area contributed by atoms with E-state index in [1.165, 1.54) is 16.2 Å². The van der Waals surface area contributed by atoms with Gasteiger partial charge in [-0.3, -0.25) is 14.4 Å². The molecule has 0 fully saturated rings. The third kappa shape index (κ3) is 6.69. The lowest BCUT2D eigenvalue weighted by atomic mass is 10.2. The monoisotopic (exact) mass is 417 g/mol. The molecule has 2 N–H and O–H groups in total. The summed E-state index contributed by atoms with van der Waals surface area (Å²) >= 11 is 1.31. The van der Waals surface area contributed by atoms with E-state index in [9.17, 15) is 14.4 Å². The van der Waals surface area contributed by atoms with Crippen molar-refractivity contribution < 1.29 is 18.9 Å². The molecule has 156 valence electrons. The van der Waals surface area contributed by atoms with Crippen molar-refractivity contribution in [2.75, 3.05) is 46.6 Å². The quantitative estimate of drug-likeness (QED) is 0.646. The van der Waals surface area contributed by atoms with Crippen molar-refractivity contribution >= 4 is 34.7 Å². The molecule has 3 amide bonds. The molecule has 0 unspecified atom stereocenters. The Morgan fingerprint density at radius 1 is 1.03 bits per heavy atom. The minimum Gasteiger partial charge on any atom is -0.347 e. The highest BCUT2D eigenvalue weighted by molar-refractivity contribution is 7.13. The van der Waals surface area contributed by atoms with Crippen molar-refractivity contribution in [2.45, 2.75) is 13.5 Å². The first-order valence-electron chi connectivity index (χ1n) is 9.31. The fourth-order valence-electron chi connectivity index (χ4n) is 2.82. The summed E-state index contributed by atoms with van der Waals surface area (Å²) in [6.07, 6.45) is 0. The maximum atomic E-state index is 12.6. The maximum absolute atomic E-state index is 12.6. The number of anilines is 1. The number of nitrogens with one attached hydrogen (secondary N) is 2. The van der Waals surface area contributed by atoms with E-state index in [0.29, 0.717) is 17.1 Å². The summed E-state index contributed by atoms with van der Waals surface area (Å²) in [4.78, 5) is 39.2. The van der Waals surface area contributed by atoms with Crippen LogP contribution >= 0.6 is 11.3 Å². The highest BCUT2D eigenvalue weighted by Gasteiger charge is 2.26. The van der Waals surface area contributed by atoms with E-state index < -0.39 is 0 Å². The lowest BCUT2D eigenvalue weighted by molar-refractivity contribution is -0.874. The summed E-state index contributed by atoms with van der Waals surface area (Å²) in [5, 5.41) is 7.59. The summed E-state index contributed by atoms with van der Waals surface area (Å²) < 4.78 is 0.201. The topological polar surface area (TPSA) is 78.5 Å². The third-order valence-corrected chi connectivity index (χ3v) is 5.40. The first-order chi connectivity index (χ1) is 13.6. The van der Waals surface area contributed by atoms with Crippen molar-refractivity contribution in [3.8, 4) is 0 Å². The lowest BCUT2D eigenvalue weighted by Crippen LogP contribution is -2.51. The number of nitrogens with zero attached hydrogens (tertiary/aromatic N) is 2. The first-order valence-corrected chi connectivity index (χ1v) is 10.2. The number of thiophene rings is 1. The number of quaternary nitrogens is 1. The smallest absolute Gasteiger partial charge is 0.279 e. The normalized spacial score (nSPS) is 11.1. The highest BCUT2D eigenvalue weighted by Crippen LogP contribution is 2.28. The van der Waals surface area contributed by atoms with Crippen molar-refractivity contribution in [3.05, 3.63) is 51.7 Å². The van der Waals surface area contributed by atoms with E-state index in [4.69, 9.17) is 0 Å². The van der Waals surface area contributed by atoms with Gasteiger partial charge in [0, 0.05) is 20.6 Å². The molecule has 1 aromatic carbocycles. The average molecular weight is 418 g/mol. The van der Waals surface area contributed by atoms with E-state index in [0.717, 1.165) is 11.1 Å². The van der Waals surface area contributed by atoms with Crippen LogP contribution in [-0.2, 0) is 16.1 Å². The zero-order chi connectivity index (χ0) is 21.6. The van der Waals surface area contributed by atoms with Crippen molar-refractivity contribution in [2.24, 2.45) is 0 Å². The number of benzene rings is 1. The Morgan fingerprint density at radius 2 is 1.66 bits per heavy atom. The van der Waals surface area contributed by atoms with Gasteiger partial charge in [-0.25, -0.2) is 0 Å². The van der Waals surface area contributed by atoms with Gasteiger partial charge in [0.1, 0.15) is 4.88 Å². The van der Waals surface area contributed by atoms with Crippen LogP contribution in [0, 0.1) is 6.92 Å². The maximum Gasteiger partial charge on any atom is 0.279 e. The van der Waals surface area contributed by atoms with Gasteiger partial charge in [-0.2, -0.15) is 0 Å². The Kier molecular flexibility index (Phi) is 7.53. The standard InChI is InChI=1S/C21H28N4O3S/c1-15-14-29-20(21(28)24(2)3)19(15)23-18(27)13-25(4,5)12-17(26)22-11-16-9-7-6-8-10-16/h6-10,14H,11-13H2,1-5H3,(H-,22,23,26,27,28)/p+1. The van der Waals surface area contributed by atoms with Crippen LogP contribution in [0.5, 0.6) is 0 Å². The van der Waals surface area contributed by atoms with Crippen LogP contribution in [0.15, 0.2) is 35.7 Å². The molecule has 0 saturated heterocycles. The number of carbonyl (C=O) groups is 3. The van der Waals surface area contributed by atoms with Gasteiger partial charge in [-0.15, -0.1) is 11.3 Å². The second-order valence-corrected chi connectivity index (χ2v) is 8.76. The summed E-state index contributed by atoms with van der Waals surface area (Å²) in [6.45, 7) is 2.60. The number of carbonyl (C=O) groups excluding carboxylic acids is 3. The van der Waals surface area contributed by atoms with E-state index in [-0.39, 0.29) is 35.3 Å². The van der Waals surface area contributed by atoms with E-state index >= 15 is 0 Å². The molecule has 0 bridgehead atoms. The number of hydrogen-bond acceptors (Lipinski definition) is 4. The van der Waals surface area contributed by atoms with Crippen molar-refractivity contribution in [1.82, 2.24) is 10.2 Å². The van der Waals surface area contributed by atoms with Gasteiger partial charge in [-0.1, -0.05) is 30.3 Å². The van der Waals surface area contributed by atoms with Crippen LogP contribution in [0.4, 0.5) is 5.69 Å². The molecule has 0 atom stereocenters. The molecule has 0 aliphatic carbocycles. The molecule has 2 aromatic rings. The van der Waals surface area contributed by atoms with Gasteiger partial charge in [0.2, 0.25) is 0 Å². The summed E-state index contributed by atoms with van der Waals surface area (Å²) in [5.74, 6) is -0.505. The van der Waals surface area contributed by atoms with Crippen LogP contribution in [0.25, 0.3) is 0 Å². The van der Waals surface area contributed by atoms with E-state index in [1.54, 1.807) is 14.1 Å². The number of amides is 3. The van der Waals surface area contributed by atoms with Gasteiger partial charge in [-0.05, 0) is 23.4 Å². The van der Waals surface area contributed by atoms with Crippen LogP contribution < -0.4 is 10.6 Å². The summed E-state index contributed by atoms with van der Waals surface area (Å²) in [7, 11) is 7.01. The molecule has 0 saturated carbocycles. The lowest BCUT2D eigenvalue weighted by Gasteiger charge is -2.28. The second-order valence-electron chi connectivity index (χ2n) is 7.88. The summed E-state index contributed by atoms with van der Waals surface area (Å²) in [6, 6.07) is 9.67. The molecule has 0 aliphatic rings. The van der Waals surface area contributed by atoms with Crippen molar-refractivity contribution in [1.29, 1.82) is 0 Å². The number of likely N-dealkylation sites (N-methyl/N-ethyl adjacent to an activating group) is 1.